The lowest BCUT2D eigenvalue weighted by Crippen LogP contribution is -1.93. The SMILES string of the molecule is Cc1ncc(COc2ccc(C#N)cc2Cl)s1. The molecular formula is C12H9ClN2OS. The summed E-state index contributed by atoms with van der Waals surface area (Å²) in [5.41, 5.74) is 0.524. The fourth-order valence-corrected chi connectivity index (χ4v) is 2.25. The summed E-state index contributed by atoms with van der Waals surface area (Å²) in [5, 5.41) is 10.2. The molecule has 0 saturated carbocycles. The second kappa shape index (κ2) is 5.17. The Bertz CT molecular complexity index is 574. The summed E-state index contributed by atoms with van der Waals surface area (Å²) >= 11 is 7.58. The van der Waals surface area contributed by atoms with Gasteiger partial charge in [-0.05, 0) is 25.1 Å². The van der Waals surface area contributed by atoms with Gasteiger partial charge in [-0.15, -0.1) is 11.3 Å². The third-order valence-electron chi connectivity index (χ3n) is 2.10. The van der Waals surface area contributed by atoms with Crippen LogP contribution in [-0.2, 0) is 6.61 Å². The molecule has 5 heteroatoms. The molecule has 0 aliphatic carbocycles. The van der Waals surface area contributed by atoms with E-state index in [1.54, 1.807) is 35.7 Å². The number of aryl methyl sites for hydroxylation is 1. The van der Waals surface area contributed by atoms with Gasteiger partial charge in [0, 0.05) is 6.20 Å². The topological polar surface area (TPSA) is 45.9 Å². The number of hydrogen-bond acceptors (Lipinski definition) is 4. The van der Waals surface area contributed by atoms with E-state index in [9.17, 15) is 0 Å². The van der Waals surface area contributed by atoms with Crippen molar-refractivity contribution in [3.05, 3.63) is 44.9 Å². The number of thiazole rings is 1. The smallest absolute Gasteiger partial charge is 0.138 e. The number of hydrogen-bond donors (Lipinski definition) is 0. The van der Waals surface area contributed by atoms with Crippen molar-refractivity contribution in [1.29, 1.82) is 5.26 Å². The lowest BCUT2D eigenvalue weighted by molar-refractivity contribution is 0.310. The first-order chi connectivity index (χ1) is 8.19. The number of aromatic nitrogens is 1. The van der Waals surface area contributed by atoms with Gasteiger partial charge in [-0.1, -0.05) is 11.6 Å². The molecular weight excluding hydrogens is 256 g/mol. The molecule has 0 radical (unpaired) electrons. The lowest BCUT2D eigenvalue weighted by atomic mass is 10.2. The Balaban J connectivity index is 2.07. The van der Waals surface area contributed by atoms with Gasteiger partial charge in [0.15, 0.2) is 0 Å². The van der Waals surface area contributed by atoms with Crippen LogP contribution in [0.15, 0.2) is 24.4 Å². The number of nitriles is 1. The second-order valence-corrected chi connectivity index (χ2v) is 5.12. The first-order valence-corrected chi connectivity index (χ1v) is 6.12. The Kier molecular flexibility index (Phi) is 3.62. The van der Waals surface area contributed by atoms with Crippen LogP contribution >= 0.6 is 22.9 Å². The van der Waals surface area contributed by atoms with Crippen LogP contribution in [-0.4, -0.2) is 4.98 Å². The standard InChI is InChI=1S/C12H9ClN2OS/c1-8-15-6-10(17-8)7-16-12-3-2-9(5-14)4-11(12)13/h2-4,6H,7H2,1H3. The number of rotatable bonds is 3. The van der Waals surface area contributed by atoms with E-state index in [1.165, 1.54) is 0 Å². The Morgan fingerprint density at radius 3 is 2.94 bits per heavy atom. The summed E-state index contributed by atoms with van der Waals surface area (Å²) in [6.07, 6.45) is 1.79. The van der Waals surface area contributed by atoms with Gasteiger partial charge in [-0.3, -0.25) is 0 Å². The first kappa shape index (κ1) is 11.9. The summed E-state index contributed by atoms with van der Waals surface area (Å²) in [6.45, 7) is 2.39. The van der Waals surface area contributed by atoms with Crippen molar-refractivity contribution >= 4 is 22.9 Å². The molecule has 2 rings (SSSR count). The zero-order chi connectivity index (χ0) is 12.3. The van der Waals surface area contributed by atoms with Crippen LogP contribution in [0.25, 0.3) is 0 Å². The summed E-state index contributed by atoms with van der Waals surface area (Å²) < 4.78 is 5.56. The highest BCUT2D eigenvalue weighted by Crippen LogP contribution is 2.26. The minimum absolute atomic E-state index is 0.442. The van der Waals surface area contributed by atoms with Crippen LogP contribution < -0.4 is 4.74 Å². The molecule has 1 heterocycles. The highest BCUT2D eigenvalue weighted by atomic mass is 35.5. The van der Waals surface area contributed by atoms with Crippen molar-refractivity contribution in [3.8, 4) is 11.8 Å². The second-order valence-electron chi connectivity index (χ2n) is 3.39. The molecule has 3 nitrogen and oxygen atoms in total. The van der Waals surface area contributed by atoms with Crippen molar-refractivity contribution in [2.45, 2.75) is 13.5 Å². The maximum Gasteiger partial charge on any atom is 0.138 e. The molecule has 0 N–H and O–H groups in total. The van der Waals surface area contributed by atoms with Crippen LogP contribution in [0.2, 0.25) is 5.02 Å². The van der Waals surface area contributed by atoms with Gasteiger partial charge in [0.2, 0.25) is 0 Å². The first-order valence-electron chi connectivity index (χ1n) is 4.93. The van der Waals surface area contributed by atoms with Crippen LogP contribution in [0.5, 0.6) is 5.75 Å². The Morgan fingerprint density at radius 2 is 2.35 bits per heavy atom. The van der Waals surface area contributed by atoms with Crippen LogP contribution in [0, 0.1) is 18.3 Å². The molecule has 0 amide bonds. The third-order valence-corrected chi connectivity index (χ3v) is 3.28. The summed E-state index contributed by atoms with van der Waals surface area (Å²) in [4.78, 5) is 5.19. The lowest BCUT2D eigenvalue weighted by Gasteiger charge is -2.06. The molecule has 0 unspecified atom stereocenters. The van der Waals surface area contributed by atoms with Gasteiger partial charge < -0.3 is 4.74 Å². The molecule has 86 valence electrons. The number of ether oxygens (including phenoxy) is 1. The Morgan fingerprint density at radius 1 is 1.53 bits per heavy atom. The molecule has 0 spiro atoms. The molecule has 0 fully saturated rings. The predicted molar refractivity (Wildman–Crippen MR) is 67.4 cm³/mol. The highest BCUT2D eigenvalue weighted by Gasteiger charge is 2.04. The van der Waals surface area contributed by atoms with Gasteiger partial charge >= 0.3 is 0 Å². The zero-order valence-corrected chi connectivity index (χ0v) is 10.7. The van der Waals surface area contributed by atoms with Gasteiger partial charge in [-0.25, -0.2) is 4.98 Å². The van der Waals surface area contributed by atoms with Gasteiger partial charge in [0.05, 0.1) is 26.5 Å². The summed E-state index contributed by atoms with van der Waals surface area (Å²) in [6, 6.07) is 7.00. The normalized spacial score (nSPS) is 9.94. The fraction of sp³-hybridized carbons (Fsp3) is 0.167. The van der Waals surface area contributed by atoms with Gasteiger partial charge in [0.1, 0.15) is 12.4 Å². The van der Waals surface area contributed by atoms with Gasteiger partial charge in [-0.2, -0.15) is 5.26 Å². The quantitative estimate of drug-likeness (QED) is 0.852. The number of halogens is 1. The van der Waals surface area contributed by atoms with Gasteiger partial charge in [0.25, 0.3) is 0 Å². The van der Waals surface area contributed by atoms with Crippen molar-refractivity contribution in [2.24, 2.45) is 0 Å². The average Bonchev–Trinajstić information content (AvgIpc) is 2.73. The predicted octanol–water partition coefficient (Wildman–Crippen LogP) is 3.56. The molecule has 0 aliphatic rings. The fourth-order valence-electron chi connectivity index (χ4n) is 1.31. The van der Waals surface area contributed by atoms with Crippen molar-refractivity contribution < 1.29 is 4.74 Å². The van der Waals surface area contributed by atoms with Crippen molar-refractivity contribution in [2.75, 3.05) is 0 Å². The van der Waals surface area contributed by atoms with Crippen molar-refractivity contribution in [3.63, 3.8) is 0 Å². The molecule has 0 bridgehead atoms. The minimum atomic E-state index is 0.442. The highest BCUT2D eigenvalue weighted by molar-refractivity contribution is 7.11. The number of benzene rings is 1. The maximum atomic E-state index is 8.71. The zero-order valence-electron chi connectivity index (χ0n) is 9.11. The average molecular weight is 265 g/mol. The Hall–Kier alpha value is -1.57. The van der Waals surface area contributed by atoms with E-state index < -0.39 is 0 Å². The van der Waals surface area contributed by atoms with E-state index in [1.807, 2.05) is 13.0 Å². The molecule has 2 aromatic rings. The van der Waals surface area contributed by atoms with E-state index in [0.717, 1.165) is 9.88 Å². The largest absolute Gasteiger partial charge is 0.486 e. The summed E-state index contributed by atoms with van der Waals surface area (Å²) in [5.74, 6) is 0.580. The van der Waals surface area contributed by atoms with E-state index in [2.05, 4.69) is 4.98 Å². The third kappa shape index (κ3) is 2.96. The number of nitrogens with zero attached hydrogens (tertiary/aromatic N) is 2. The van der Waals surface area contributed by atoms with E-state index in [-0.39, 0.29) is 0 Å². The maximum absolute atomic E-state index is 8.71. The van der Waals surface area contributed by atoms with E-state index in [4.69, 9.17) is 21.6 Å². The van der Waals surface area contributed by atoms with E-state index in [0.29, 0.717) is 22.9 Å². The molecule has 0 atom stereocenters. The van der Waals surface area contributed by atoms with Crippen LogP contribution in [0.1, 0.15) is 15.4 Å². The Labute approximate surface area is 108 Å². The minimum Gasteiger partial charge on any atom is -0.486 e. The monoisotopic (exact) mass is 264 g/mol. The van der Waals surface area contributed by atoms with Crippen LogP contribution in [0.3, 0.4) is 0 Å². The van der Waals surface area contributed by atoms with E-state index >= 15 is 0 Å². The molecule has 17 heavy (non-hydrogen) atoms. The molecule has 0 saturated heterocycles. The van der Waals surface area contributed by atoms with Crippen LogP contribution in [0.4, 0.5) is 0 Å². The molecule has 1 aromatic heterocycles. The van der Waals surface area contributed by atoms with Crippen molar-refractivity contribution in [1.82, 2.24) is 4.98 Å². The summed E-state index contributed by atoms with van der Waals surface area (Å²) in [7, 11) is 0. The molecule has 0 aliphatic heterocycles. The molecule has 1 aromatic carbocycles.